The van der Waals surface area contributed by atoms with E-state index in [0.29, 0.717) is 17.9 Å². The largest absolute Gasteiger partial charge is 0.347 e. The van der Waals surface area contributed by atoms with Gasteiger partial charge < -0.3 is 9.29 Å². The third-order valence-electron chi connectivity index (χ3n) is 6.36. The number of benzene rings is 2. The normalized spacial score (nSPS) is 12.1. The molecule has 1 aromatic heterocycles. The third-order valence-corrected chi connectivity index (χ3v) is 7.27. The molecule has 0 aliphatic carbocycles. The molecule has 0 bridgehead atoms. The predicted molar refractivity (Wildman–Crippen MR) is 150 cm³/mol. The monoisotopic (exact) mass is 532 g/mol. The van der Waals surface area contributed by atoms with Gasteiger partial charge in [0.1, 0.15) is 0 Å². The standard InChI is InChI=1S/C28H34Cl2N2O2S/c1-19(16-27(34)31-35-3)15-26(33)28-23-18-22(30)13-14-24(23)32(2)25(28)12-7-5-4-6-9-20-10-8-11-21(29)17-20/h8,10-11,13-14,17-19H,4-7,9,12,15-16H2,1-3H3,(H,31,34)/t19-/m0/s1. The van der Waals surface area contributed by atoms with E-state index in [0.717, 1.165) is 65.7 Å². The number of aromatic nitrogens is 1. The van der Waals surface area contributed by atoms with Crippen molar-refractivity contribution < 1.29 is 9.59 Å². The average molecular weight is 534 g/mol. The van der Waals surface area contributed by atoms with Gasteiger partial charge in [-0.25, -0.2) is 0 Å². The molecule has 1 atom stereocenters. The molecule has 2 aromatic carbocycles. The molecule has 1 heterocycles. The highest BCUT2D eigenvalue weighted by Crippen LogP contribution is 2.31. The van der Waals surface area contributed by atoms with E-state index in [1.165, 1.54) is 17.5 Å². The summed E-state index contributed by atoms with van der Waals surface area (Å²) in [5.74, 6) is -0.00142. The Hall–Kier alpha value is -1.95. The summed E-state index contributed by atoms with van der Waals surface area (Å²) >= 11 is 13.7. The summed E-state index contributed by atoms with van der Waals surface area (Å²) in [6.45, 7) is 1.95. The van der Waals surface area contributed by atoms with Gasteiger partial charge in [-0.3, -0.25) is 9.59 Å². The van der Waals surface area contributed by atoms with Crippen LogP contribution in [-0.4, -0.2) is 22.5 Å². The van der Waals surface area contributed by atoms with Crippen LogP contribution in [-0.2, 0) is 24.7 Å². The molecule has 1 N–H and O–H groups in total. The van der Waals surface area contributed by atoms with Crippen molar-refractivity contribution in [3.8, 4) is 0 Å². The number of amides is 1. The average Bonchev–Trinajstić information content (AvgIpc) is 3.07. The lowest BCUT2D eigenvalue weighted by Gasteiger charge is -2.12. The molecule has 1 amide bonds. The lowest BCUT2D eigenvalue weighted by Crippen LogP contribution is -2.19. The maximum atomic E-state index is 13.5. The van der Waals surface area contributed by atoms with Crippen molar-refractivity contribution in [3.05, 3.63) is 69.3 Å². The molecule has 0 unspecified atom stereocenters. The van der Waals surface area contributed by atoms with Gasteiger partial charge >= 0.3 is 0 Å². The first kappa shape index (κ1) is 27.6. The molecule has 0 saturated carbocycles. The van der Waals surface area contributed by atoms with Gasteiger partial charge in [0.25, 0.3) is 0 Å². The molecule has 3 rings (SSSR count). The number of ketones is 1. The Morgan fingerprint density at radius 3 is 2.40 bits per heavy atom. The second-order valence-electron chi connectivity index (χ2n) is 9.25. The van der Waals surface area contributed by atoms with Gasteiger partial charge in [-0.05, 0) is 67.5 Å². The van der Waals surface area contributed by atoms with Gasteiger partial charge in [0.05, 0.1) is 0 Å². The van der Waals surface area contributed by atoms with Crippen LogP contribution in [0, 0.1) is 5.92 Å². The van der Waals surface area contributed by atoms with Gasteiger partial charge in [-0.1, -0.05) is 67.0 Å². The number of nitrogens with zero attached hydrogens (tertiary/aromatic N) is 1. The van der Waals surface area contributed by atoms with Crippen LogP contribution in [0.5, 0.6) is 0 Å². The minimum atomic E-state index is -0.0447. The first-order valence-electron chi connectivity index (χ1n) is 12.2. The number of aryl methyl sites for hydroxylation is 2. The zero-order valence-corrected chi connectivity index (χ0v) is 23.0. The first-order chi connectivity index (χ1) is 16.8. The number of Topliss-reactive ketones (excluding diaryl/α,β-unsaturated/α-hetero) is 1. The Kier molecular flexibility index (Phi) is 10.6. The van der Waals surface area contributed by atoms with Crippen LogP contribution in [0.1, 0.15) is 67.1 Å². The topological polar surface area (TPSA) is 51.1 Å². The lowest BCUT2D eigenvalue weighted by molar-refractivity contribution is -0.119. The van der Waals surface area contributed by atoms with Crippen LogP contribution in [0.2, 0.25) is 10.0 Å². The smallest absolute Gasteiger partial charge is 0.230 e. The van der Waals surface area contributed by atoms with Crippen LogP contribution >= 0.6 is 35.1 Å². The van der Waals surface area contributed by atoms with Crippen molar-refractivity contribution in [2.24, 2.45) is 13.0 Å². The van der Waals surface area contributed by atoms with E-state index in [1.54, 1.807) is 0 Å². The predicted octanol–water partition coefficient (Wildman–Crippen LogP) is 7.82. The molecule has 35 heavy (non-hydrogen) atoms. The molecule has 0 fully saturated rings. The van der Waals surface area contributed by atoms with Crippen LogP contribution in [0.4, 0.5) is 0 Å². The molecule has 0 saturated heterocycles. The van der Waals surface area contributed by atoms with Crippen molar-refractivity contribution >= 4 is 57.7 Å². The van der Waals surface area contributed by atoms with E-state index in [4.69, 9.17) is 23.2 Å². The summed E-state index contributed by atoms with van der Waals surface area (Å²) in [4.78, 5) is 25.4. The molecule has 0 aliphatic rings. The van der Waals surface area contributed by atoms with Crippen molar-refractivity contribution in [3.63, 3.8) is 0 Å². The van der Waals surface area contributed by atoms with Crippen molar-refractivity contribution in [1.29, 1.82) is 0 Å². The van der Waals surface area contributed by atoms with E-state index in [1.807, 2.05) is 56.6 Å². The van der Waals surface area contributed by atoms with Gasteiger partial charge in [-0.15, -0.1) is 0 Å². The molecule has 0 radical (unpaired) electrons. The zero-order valence-electron chi connectivity index (χ0n) is 20.7. The fraction of sp³-hybridized carbons (Fsp3) is 0.429. The minimum Gasteiger partial charge on any atom is -0.347 e. The number of unbranched alkanes of at least 4 members (excludes halogenated alkanes) is 3. The number of halogens is 2. The SMILES string of the molecule is CSNC(=O)C[C@@H](C)CC(=O)c1c(CCCCCCc2cccc(Cl)c2)n(C)c2ccc(Cl)cc12. The van der Waals surface area contributed by atoms with Crippen molar-refractivity contribution in [1.82, 2.24) is 9.29 Å². The zero-order chi connectivity index (χ0) is 25.4. The molecule has 0 aliphatic heterocycles. The highest BCUT2D eigenvalue weighted by molar-refractivity contribution is 7.97. The van der Waals surface area contributed by atoms with E-state index in [2.05, 4.69) is 15.4 Å². The number of carbonyl (C=O) groups excluding carboxylic acids is 2. The van der Waals surface area contributed by atoms with Gasteiger partial charge in [0.15, 0.2) is 5.78 Å². The maximum absolute atomic E-state index is 13.5. The number of rotatable bonds is 13. The number of nitrogens with one attached hydrogen (secondary N) is 1. The maximum Gasteiger partial charge on any atom is 0.230 e. The Bertz CT molecular complexity index is 1180. The van der Waals surface area contributed by atoms with E-state index in [-0.39, 0.29) is 17.6 Å². The lowest BCUT2D eigenvalue weighted by atomic mass is 9.94. The van der Waals surface area contributed by atoms with E-state index >= 15 is 0 Å². The quantitative estimate of drug-likeness (QED) is 0.138. The third kappa shape index (κ3) is 7.77. The number of hydrogen-bond acceptors (Lipinski definition) is 3. The highest BCUT2D eigenvalue weighted by Gasteiger charge is 2.23. The molecule has 3 aromatic rings. The Morgan fingerprint density at radius 1 is 0.971 bits per heavy atom. The van der Waals surface area contributed by atoms with Gasteiger partial charge in [-0.2, -0.15) is 0 Å². The number of carbonyl (C=O) groups is 2. The fourth-order valence-electron chi connectivity index (χ4n) is 4.70. The highest BCUT2D eigenvalue weighted by atomic mass is 35.5. The van der Waals surface area contributed by atoms with Crippen LogP contribution in [0.25, 0.3) is 10.9 Å². The molecular weight excluding hydrogens is 499 g/mol. The summed E-state index contributed by atoms with van der Waals surface area (Å²) in [7, 11) is 2.02. The van der Waals surface area contributed by atoms with E-state index < -0.39 is 0 Å². The fourth-order valence-corrected chi connectivity index (χ4v) is 5.40. The Labute approximate surface area is 222 Å². The molecular formula is C28H34Cl2N2O2S. The van der Waals surface area contributed by atoms with Crippen LogP contribution in [0.3, 0.4) is 0 Å². The second-order valence-corrected chi connectivity index (χ2v) is 10.7. The Morgan fingerprint density at radius 2 is 1.69 bits per heavy atom. The second kappa shape index (κ2) is 13.4. The minimum absolute atomic E-state index is 0.0385. The van der Waals surface area contributed by atoms with E-state index in [9.17, 15) is 9.59 Å². The van der Waals surface area contributed by atoms with Crippen molar-refractivity contribution in [2.45, 2.75) is 58.3 Å². The molecule has 4 nitrogen and oxygen atoms in total. The molecule has 7 heteroatoms. The van der Waals surface area contributed by atoms with Crippen molar-refractivity contribution in [2.75, 3.05) is 6.26 Å². The summed E-state index contributed by atoms with van der Waals surface area (Å²) < 4.78 is 4.87. The summed E-state index contributed by atoms with van der Waals surface area (Å²) in [5, 5.41) is 2.31. The van der Waals surface area contributed by atoms with Crippen LogP contribution < -0.4 is 4.72 Å². The van der Waals surface area contributed by atoms with Gasteiger partial charge in [0.2, 0.25) is 5.91 Å². The summed E-state index contributed by atoms with van der Waals surface area (Å²) in [6, 6.07) is 13.8. The number of fused-ring (bicyclic) bond motifs is 1. The molecule has 188 valence electrons. The molecule has 0 spiro atoms. The Balaban J connectivity index is 1.66. The van der Waals surface area contributed by atoms with Gasteiger partial charge in [0, 0.05) is 58.4 Å². The van der Waals surface area contributed by atoms with Crippen LogP contribution in [0.15, 0.2) is 42.5 Å². The number of hydrogen-bond donors (Lipinski definition) is 1. The summed E-state index contributed by atoms with van der Waals surface area (Å²) in [6.07, 6.45) is 8.71. The first-order valence-corrected chi connectivity index (χ1v) is 14.1. The summed E-state index contributed by atoms with van der Waals surface area (Å²) in [5.41, 5.74) is 4.11.